The second kappa shape index (κ2) is 5.76. The molecule has 9 heteroatoms. The molecule has 26 heavy (non-hydrogen) atoms. The van der Waals surface area contributed by atoms with Gasteiger partial charge in [-0.3, -0.25) is 4.79 Å². The standard InChI is InChI=1S/C17H17F3N4O2/c18-17(19,20)13-5-14(22-16(10(13)6-21)23-2-1-3-23)24-7-11-9(4-15(25)26)12(11)8-24/h5,9,11-12H,1-4,7-8H2,(H,25,26). The van der Waals surface area contributed by atoms with Crippen molar-refractivity contribution in [2.45, 2.75) is 19.0 Å². The van der Waals surface area contributed by atoms with E-state index < -0.39 is 23.3 Å². The van der Waals surface area contributed by atoms with Crippen LogP contribution in [0, 0.1) is 29.1 Å². The number of rotatable bonds is 4. The summed E-state index contributed by atoms with van der Waals surface area (Å²) in [7, 11) is 0. The number of fused-ring (bicyclic) bond motifs is 1. The van der Waals surface area contributed by atoms with Crippen LogP contribution in [0.3, 0.4) is 0 Å². The Labute approximate surface area is 147 Å². The number of aliphatic carboxylic acids is 1. The van der Waals surface area contributed by atoms with E-state index in [1.807, 2.05) is 0 Å². The van der Waals surface area contributed by atoms with Crippen LogP contribution >= 0.6 is 0 Å². The minimum absolute atomic E-state index is 0.103. The van der Waals surface area contributed by atoms with E-state index in [1.165, 1.54) is 0 Å². The quantitative estimate of drug-likeness (QED) is 0.881. The van der Waals surface area contributed by atoms with Gasteiger partial charge < -0.3 is 14.9 Å². The highest BCUT2D eigenvalue weighted by Gasteiger charge is 2.56. The first-order chi connectivity index (χ1) is 12.3. The van der Waals surface area contributed by atoms with Crippen LogP contribution in [0.15, 0.2) is 6.07 Å². The van der Waals surface area contributed by atoms with Crippen molar-refractivity contribution < 1.29 is 23.1 Å². The number of carboxylic acids is 1. The summed E-state index contributed by atoms with van der Waals surface area (Å²) in [5.74, 6) is -0.00708. The van der Waals surface area contributed by atoms with Crippen LogP contribution < -0.4 is 9.80 Å². The van der Waals surface area contributed by atoms with Gasteiger partial charge in [-0.1, -0.05) is 0 Å². The summed E-state index contributed by atoms with van der Waals surface area (Å²) in [5.41, 5.74) is -1.37. The largest absolute Gasteiger partial charge is 0.481 e. The lowest BCUT2D eigenvalue weighted by Crippen LogP contribution is -2.39. The first-order valence-corrected chi connectivity index (χ1v) is 8.53. The Morgan fingerprint density at radius 2 is 1.96 bits per heavy atom. The molecule has 3 aliphatic rings. The topological polar surface area (TPSA) is 80.5 Å². The van der Waals surface area contributed by atoms with Crippen molar-refractivity contribution >= 4 is 17.6 Å². The number of hydrogen-bond acceptors (Lipinski definition) is 5. The molecule has 4 rings (SSSR count). The van der Waals surface area contributed by atoms with Gasteiger partial charge in [0.1, 0.15) is 23.3 Å². The SMILES string of the molecule is N#Cc1c(C(F)(F)F)cc(N2CC3C(CC(=O)O)C3C2)nc1N1CCC1. The Bertz CT molecular complexity index is 788. The Hall–Kier alpha value is -2.50. The lowest BCUT2D eigenvalue weighted by molar-refractivity contribution is -0.138. The number of piperidine rings is 1. The molecule has 2 unspecified atom stereocenters. The smallest absolute Gasteiger partial charge is 0.417 e. The third-order valence-corrected chi connectivity index (χ3v) is 5.67. The molecule has 1 N–H and O–H groups in total. The maximum atomic E-state index is 13.5. The van der Waals surface area contributed by atoms with Gasteiger partial charge in [0.2, 0.25) is 0 Å². The molecular formula is C17H17F3N4O2. The highest BCUT2D eigenvalue weighted by molar-refractivity contribution is 5.68. The Kier molecular flexibility index (Phi) is 3.75. The molecule has 1 aromatic rings. The van der Waals surface area contributed by atoms with Crippen LogP contribution in [-0.2, 0) is 11.0 Å². The molecule has 0 aromatic carbocycles. The summed E-state index contributed by atoms with van der Waals surface area (Å²) < 4.78 is 40.4. The van der Waals surface area contributed by atoms with Crippen LogP contribution in [-0.4, -0.2) is 42.2 Å². The van der Waals surface area contributed by atoms with Crippen molar-refractivity contribution in [3.05, 3.63) is 17.2 Å². The first-order valence-electron chi connectivity index (χ1n) is 8.53. The van der Waals surface area contributed by atoms with E-state index in [0.717, 1.165) is 12.5 Å². The highest BCUT2D eigenvalue weighted by atomic mass is 19.4. The maximum absolute atomic E-state index is 13.5. The molecule has 0 bridgehead atoms. The van der Waals surface area contributed by atoms with Gasteiger partial charge in [0.25, 0.3) is 0 Å². The average molecular weight is 366 g/mol. The Balaban J connectivity index is 1.64. The van der Waals surface area contributed by atoms with E-state index in [1.54, 1.807) is 15.9 Å². The van der Waals surface area contributed by atoms with Gasteiger partial charge in [0.05, 0.1) is 5.56 Å². The molecule has 2 atom stereocenters. The summed E-state index contributed by atoms with van der Waals surface area (Å²) in [6.07, 6.45) is -3.66. The van der Waals surface area contributed by atoms with E-state index in [0.29, 0.717) is 26.2 Å². The van der Waals surface area contributed by atoms with Gasteiger partial charge in [-0.2, -0.15) is 18.4 Å². The average Bonchev–Trinajstić information content (AvgIpc) is 2.94. The Morgan fingerprint density at radius 1 is 1.31 bits per heavy atom. The van der Waals surface area contributed by atoms with Crippen molar-refractivity contribution in [2.24, 2.45) is 17.8 Å². The van der Waals surface area contributed by atoms with Crippen molar-refractivity contribution in [3.63, 3.8) is 0 Å². The fourth-order valence-electron chi connectivity index (χ4n) is 4.11. The molecule has 3 fully saturated rings. The van der Waals surface area contributed by atoms with Crippen LogP contribution in [0.1, 0.15) is 24.0 Å². The second-order valence-corrected chi connectivity index (χ2v) is 7.17. The predicted molar refractivity (Wildman–Crippen MR) is 85.7 cm³/mol. The number of nitrogens with zero attached hydrogens (tertiary/aromatic N) is 4. The number of carbonyl (C=O) groups is 1. The van der Waals surface area contributed by atoms with Gasteiger partial charge >= 0.3 is 12.1 Å². The molecule has 1 saturated carbocycles. The third-order valence-electron chi connectivity index (χ3n) is 5.67. The number of hydrogen-bond donors (Lipinski definition) is 1. The second-order valence-electron chi connectivity index (χ2n) is 7.17. The summed E-state index contributed by atoms with van der Waals surface area (Å²) in [6.45, 7) is 2.21. The van der Waals surface area contributed by atoms with Crippen molar-refractivity contribution in [1.29, 1.82) is 5.26 Å². The number of pyridine rings is 1. The molecule has 1 aliphatic carbocycles. The van der Waals surface area contributed by atoms with E-state index in [2.05, 4.69) is 4.98 Å². The number of carboxylic acid groups (broad SMARTS) is 1. The van der Waals surface area contributed by atoms with Crippen molar-refractivity contribution in [1.82, 2.24) is 4.98 Å². The molecule has 0 spiro atoms. The highest BCUT2D eigenvalue weighted by Crippen LogP contribution is 2.54. The van der Waals surface area contributed by atoms with Crippen LogP contribution in [0.5, 0.6) is 0 Å². The maximum Gasteiger partial charge on any atom is 0.417 e. The zero-order valence-electron chi connectivity index (χ0n) is 13.8. The number of aromatic nitrogens is 1. The van der Waals surface area contributed by atoms with Crippen molar-refractivity contribution in [2.75, 3.05) is 36.0 Å². The van der Waals surface area contributed by atoms with E-state index in [4.69, 9.17) is 5.11 Å². The van der Waals surface area contributed by atoms with E-state index >= 15 is 0 Å². The minimum atomic E-state index is -4.63. The lowest BCUT2D eigenvalue weighted by Gasteiger charge is -2.34. The van der Waals surface area contributed by atoms with Crippen LogP contribution in [0.4, 0.5) is 24.8 Å². The van der Waals surface area contributed by atoms with Crippen LogP contribution in [0.25, 0.3) is 0 Å². The van der Waals surface area contributed by atoms with Crippen molar-refractivity contribution in [3.8, 4) is 6.07 Å². The van der Waals surface area contributed by atoms with Gasteiger partial charge in [-0.05, 0) is 30.2 Å². The lowest BCUT2D eigenvalue weighted by atomic mass is 10.1. The zero-order chi connectivity index (χ0) is 18.6. The van der Waals surface area contributed by atoms with Gasteiger partial charge in [0, 0.05) is 32.6 Å². The van der Waals surface area contributed by atoms with Gasteiger partial charge in [0.15, 0.2) is 0 Å². The first kappa shape index (κ1) is 16.9. The molecule has 0 radical (unpaired) electrons. The van der Waals surface area contributed by atoms with E-state index in [-0.39, 0.29) is 35.8 Å². The molecule has 2 aliphatic heterocycles. The monoisotopic (exact) mass is 366 g/mol. The molecule has 6 nitrogen and oxygen atoms in total. The van der Waals surface area contributed by atoms with Crippen LogP contribution in [0.2, 0.25) is 0 Å². The molecule has 3 heterocycles. The number of nitriles is 1. The predicted octanol–water partition coefficient (Wildman–Crippen LogP) is 2.34. The van der Waals surface area contributed by atoms with E-state index in [9.17, 15) is 23.2 Å². The molecular weight excluding hydrogens is 349 g/mol. The fourth-order valence-corrected chi connectivity index (χ4v) is 4.11. The number of anilines is 2. The van der Waals surface area contributed by atoms with Gasteiger partial charge in [-0.25, -0.2) is 4.98 Å². The molecule has 1 aromatic heterocycles. The summed E-state index contributed by atoms with van der Waals surface area (Å²) in [4.78, 5) is 18.7. The molecule has 2 saturated heterocycles. The summed E-state index contributed by atoms with van der Waals surface area (Å²) in [5, 5.41) is 18.2. The molecule has 138 valence electrons. The number of alkyl halides is 3. The zero-order valence-corrected chi connectivity index (χ0v) is 13.8. The summed E-state index contributed by atoms with van der Waals surface area (Å²) in [6, 6.07) is 2.63. The Morgan fingerprint density at radius 3 is 2.42 bits per heavy atom. The fraction of sp³-hybridized carbons (Fsp3) is 0.588. The third kappa shape index (κ3) is 2.73. The van der Waals surface area contributed by atoms with Gasteiger partial charge in [-0.15, -0.1) is 0 Å². The minimum Gasteiger partial charge on any atom is -0.481 e. The normalized spacial score (nSPS) is 26.9. The summed E-state index contributed by atoms with van der Waals surface area (Å²) >= 11 is 0. The number of halogens is 3. The molecule has 0 amide bonds.